The molecule has 0 aliphatic rings. The van der Waals surface area contributed by atoms with E-state index < -0.39 is 0 Å². The Kier molecular flexibility index (Phi) is 6.63. The van der Waals surface area contributed by atoms with Gasteiger partial charge in [-0.1, -0.05) is 55.2 Å². The highest BCUT2D eigenvalue weighted by molar-refractivity contribution is 6.34. The third-order valence-corrected chi connectivity index (χ3v) is 5.94. The zero-order chi connectivity index (χ0) is 22.7. The van der Waals surface area contributed by atoms with Crippen LogP contribution >= 0.6 is 23.2 Å². The molecule has 32 heavy (non-hydrogen) atoms. The minimum Gasteiger partial charge on any atom is -0.436 e. The quantitative estimate of drug-likeness (QED) is 0.294. The van der Waals surface area contributed by atoms with Crippen molar-refractivity contribution in [2.45, 2.75) is 26.2 Å². The number of benzene rings is 3. The second-order valence-corrected chi connectivity index (χ2v) is 8.47. The first-order chi connectivity index (χ1) is 15.4. The molecule has 1 amide bonds. The van der Waals surface area contributed by atoms with Crippen LogP contribution in [0.3, 0.4) is 0 Å². The van der Waals surface area contributed by atoms with Crippen LogP contribution in [0, 0.1) is 0 Å². The Labute approximate surface area is 196 Å². The summed E-state index contributed by atoms with van der Waals surface area (Å²) in [5.74, 6) is 0.637. The minimum atomic E-state index is -0.297. The lowest BCUT2D eigenvalue weighted by Crippen LogP contribution is -2.08. The molecule has 1 heterocycles. The maximum absolute atomic E-state index is 12.4. The van der Waals surface area contributed by atoms with Crippen molar-refractivity contribution in [1.29, 1.82) is 0 Å². The fraction of sp³-hybridized carbons (Fsp3) is 0.154. The first kappa shape index (κ1) is 22.1. The number of oxazole rings is 1. The number of anilines is 1. The zero-order valence-electron chi connectivity index (χ0n) is 17.7. The van der Waals surface area contributed by atoms with Crippen LogP contribution in [-0.4, -0.2) is 10.9 Å². The normalized spacial score (nSPS) is 12.4. The summed E-state index contributed by atoms with van der Waals surface area (Å²) in [4.78, 5) is 17.0. The fourth-order valence-corrected chi connectivity index (χ4v) is 3.58. The molecule has 0 saturated heterocycles. The van der Waals surface area contributed by atoms with Gasteiger partial charge in [0.2, 0.25) is 11.8 Å². The number of hydrogen-bond donors (Lipinski definition) is 1. The van der Waals surface area contributed by atoms with Crippen molar-refractivity contribution in [1.82, 2.24) is 4.98 Å². The third-order valence-electron chi connectivity index (χ3n) is 5.36. The molecule has 162 valence electrons. The number of nitrogens with zero attached hydrogens (tertiary/aromatic N) is 1. The third kappa shape index (κ3) is 5.04. The number of nitrogens with one attached hydrogen (secondary N) is 1. The summed E-state index contributed by atoms with van der Waals surface area (Å²) in [5, 5.41) is 3.89. The summed E-state index contributed by atoms with van der Waals surface area (Å²) in [6, 6.07) is 18.6. The molecule has 1 unspecified atom stereocenters. The lowest BCUT2D eigenvalue weighted by molar-refractivity contribution is -0.111. The molecule has 4 rings (SSSR count). The van der Waals surface area contributed by atoms with Crippen LogP contribution in [0.5, 0.6) is 0 Å². The average molecular weight is 465 g/mol. The van der Waals surface area contributed by atoms with E-state index in [-0.39, 0.29) is 5.91 Å². The summed E-state index contributed by atoms with van der Waals surface area (Å²) < 4.78 is 5.95. The van der Waals surface area contributed by atoms with Gasteiger partial charge in [-0.3, -0.25) is 4.79 Å². The van der Waals surface area contributed by atoms with Gasteiger partial charge < -0.3 is 9.73 Å². The number of hydrogen-bond acceptors (Lipinski definition) is 3. The molecule has 1 N–H and O–H groups in total. The van der Waals surface area contributed by atoms with E-state index in [4.69, 9.17) is 27.6 Å². The van der Waals surface area contributed by atoms with Gasteiger partial charge in [0.25, 0.3) is 0 Å². The largest absolute Gasteiger partial charge is 0.436 e. The van der Waals surface area contributed by atoms with Gasteiger partial charge in [-0.05, 0) is 72.0 Å². The van der Waals surface area contributed by atoms with Crippen molar-refractivity contribution < 1.29 is 9.21 Å². The second kappa shape index (κ2) is 9.60. The molecular formula is C26H22Cl2N2O2. The van der Waals surface area contributed by atoms with Crippen LogP contribution in [-0.2, 0) is 4.79 Å². The van der Waals surface area contributed by atoms with Crippen molar-refractivity contribution in [3.05, 3.63) is 87.9 Å². The van der Waals surface area contributed by atoms with Crippen molar-refractivity contribution >= 4 is 52.0 Å². The first-order valence-corrected chi connectivity index (χ1v) is 11.1. The van der Waals surface area contributed by atoms with Crippen LogP contribution in [0.25, 0.3) is 28.6 Å². The van der Waals surface area contributed by atoms with E-state index in [0.717, 1.165) is 28.6 Å². The van der Waals surface area contributed by atoms with Gasteiger partial charge >= 0.3 is 0 Å². The Balaban J connectivity index is 1.55. The molecule has 1 atom stereocenters. The smallest absolute Gasteiger partial charge is 0.248 e. The molecular weight excluding hydrogens is 443 g/mol. The molecule has 4 aromatic rings. The van der Waals surface area contributed by atoms with Crippen molar-refractivity contribution in [2.75, 3.05) is 5.32 Å². The molecule has 3 aromatic carbocycles. The molecule has 0 aliphatic carbocycles. The minimum absolute atomic E-state index is 0.297. The number of amides is 1. The van der Waals surface area contributed by atoms with E-state index in [2.05, 4.69) is 36.3 Å². The van der Waals surface area contributed by atoms with E-state index in [1.807, 2.05) is 24.3 Å². The van der Waals surface area contributed by atoms with E-state index in [0.29, 0.717) is 27.5 Å². The lowest BCUT2D eigenvalue weighted by Gasteiger charge is -2.07. The Morgan fingerprint density at radius 3 is 2.62 bits per heavy atom. The van der Waals surface area contributed by atoms with Gasteiger partial charge in [0.15, 0.2) is 5.58 Å². The van der Waals surface area contributed by atoms with Crippen LogP contribution in [0.2, 0.25) is 10.0 Å². The molecule has 0 bridgehead atoms. The standard InChI is InChI=1S/C26H22Cl2N2O2/c1-3-16(2)18-8-12-24-23(14-18)30-26(32-24)19-7-11-21(28)22(15-19)29-25(31)13-6-17-4-9-20(27)10-5-17/h4-16H,3H2,1-2H3,(H,29,31)/b13-6+. The number of halogens is 2. The predicted molar refractivity (Wildman–Crippen MR) is 132 cm³/mol. The highest BCUT2D eigenvalue weighted by Gasteiger charge is 2.13. The SMILES string of the molecule is CCC(C)c1ccc2oc(-c3ccc(Cl)c(NC(=O)/C=C/c4ccc(Cl)cc4)c3)nc2c1. The summed E-state index contributed by atoms with van der Waals surface area (Å²) >= 11 is 12.2. The number of carbonyl (C=O) groups is 1. The Hall–Kier alpha value is -3.08. The van der Waals surface area contributed by atoms with Crippen LogP contribution in [0.1, 0.15) is 37.3 Å². The molecule has 0 aliphatic heterocycles. The van der Waals surface area contributed by atoms with E-state index in [9.17, 15) is 4.79 Å². The number of rotatable bonds is 6. The van der Waals surface area contributed by atoms with Gasteiger partial charge in [-0.2, -0.15) is 0 Å². The van der Waals surface area contributed by atoms with Gasteiger partial charge in [-0.15, -0.1) is 0 Å². The molecule has 0 radical (unpaired) electrons. The Morgan fingerprint density at radius 2 is 1.88 bits per heavy atom. The summed E-state index contributed by atoms with van der Waals surface area (Å²) in [7, 11) is 0. The van der Waals surface area contributed by atoms with Gasteiger partial charge in [0, 0.05) is 16.7 Å². The van der Waals surface area contributed by atoms with Crippen LogP contribution in [0.15, 0.2) is 71.2 Å². The fourth-order valence-electron chi connectivity index (χ4n) is 3.28. The van der Waals surface area contributed by atoms with Gasteiger partial charge in [-0.25, -0.2) is 4.98 Å². The van der Waals surface area contributed by atoms with E-state index in [1.54, 1.807) is 30.3 Å². The predicted octanol–water partition coefficient (Wildman–Crippen LogP) is 7.97. The average Bonchev–Trinajstić information content (AvgIpc) is 3.23. The molecule has 6 heteroatoms. The molecule has 0 spiro atoms. The number of carbonyl (C=O) groups excluding carboxylic acids is 1. The molecule has 0 fully saturated rings. The summed E-state index contributed by atoms with van der Waals surface area (Å²) in [6.07, 6.45) is 4.21. The highest BCUT2D eigenvalue weighted by atomic mass is 35.5. The van der Waals surface area contributed by atoms with Gasteiger partial charge in [0.05, 0.1) is 10.7 Å². The monoisotopic (exact) mass is 464 g/mol. The maximum atomic E-state index is 12.4. The second-order valence-electron chi connectivity index (χ2n) is 7.62. The Bertz CT molecular complexity index is 1290. The van der Waals surface area contributed by atoms with Crippen LogP contribution < -0.4 is 5.32 Å². The molecule has 1 aromatic heterocycles. The number of fused-ring (bicyclic) bond motifs is 1. The Morgan fingerprint density at radius 1 is 1.09 bits per heavy atom. The maximum Gasteiger partial charge on any atom is 0.248 e. The lowest BCUT2D eigenvalue weighted by atomic mass is 9.98. The highest BCUT2D eigenvalue weighted by Crippen LogP contribution is 2.31. The summed E-state index contributed by atoms with van der Waals surface area (Å²) in [6.45, 7) is 4.36. The molecule has 0 saturated carbocycles. The summed E-state index contributed by atoms with van der Waals surface area (Å²) in [5.41, 5.74) is 4.84. The van der Waals surface area contributed by atoms with Crippen molar-refractivity contribution in [2.24, 2.45) is 0 Å². The molecule has 4 nitrogen and oxygen atoms in total. The van der Waals surface area contributed by atoms with E-state index >= 15 is 0 Å². The van der Waals surface area contributed by atoms with Crippen molar-refractivity contribution in [3.8, 4) is 11.5 Å². The van der Waals surface area contributed by atoms with Crippen LogP contribution in [0.4, 0.5) is 5.69 Å². The van der Waals surface area contributed by atoms with Crippen molar-refractivity contribution in [3.63, 3.8) is 0 Å². The zero-order valence-corrected chi connectivity index (χ0v) is 19.2. The first-order valence-electron chi connectivity index (χ1n) is 10.4. The van der Waals surface area contributed by atoms with E-state index in [1.165, 1.54) is 11.6 Å². The topological polar surface area (TPSA) is 55.1 Å². The van der Waals surface area contributed by atoms with Gasteiger partial charge in [0.1, 0.15) is 5.52 Å². The number of aromatic nitrogens is 1.